The average Bonchev–Trinajstić information content (AvgIpc) is 2.72. The van der Waals surface area contributed by atoms with Gasteiger partial charge in [-0.3, -0.25) is 0 Å². The molecule has 162 valence electrons. The maximum atomic E-state index is 5.86. The first-order chi connectivity index (χ1) is 14.5. The molecule has 0 atom stereocenters. The van der Waals surface area contributed by atoms with Crippen molar-refractivity contribution in [3.63, 3.8) is 0 Å². The summed E-state index contributed by atoms with van der Waals surface area (Å²) in [7, 11) is 1.57. The third kappa shape index (κ3) is 7.91. The summed E-state index contributed by atoms with van der Waals surface area (Å²) in [6.07, 6.45) is 5.78. The Morgan fingerprint density at radius 2 is 1.67 bits per heavy atom. The molecule has 0 aromatic heterocycles. The summed E-state index contributed by atoms with van der Waals surface area (Å²) >= 11 is 0. The van der Waals surface area contributed by atoms with E-state index < -0.39 is 0 Å². The van der Waals surface area contributed by atoms with Gasteiger partial charge in [-0.15, -0.1) is 0 Å². The highest BCUT2D eigenvalue weighted by atomic mass is 16.7. The van der Waals surface area contributed by atoms with Crippen molar-refractivity contribution in [1.29, 1.82) is 0 Å². The number of hydrogen-bond acceptors (Lipinski definition) is 5. The van der Waals surface area contributed by atoms with Crippen molar-refractivity contribution < 1.29 is 19.0 Å². The molecule has 0 bridgehead atoms. The van der Waals surface area contributed by atoms with Gasteiger partial charge in [0.05, 0.1) is 12.3 Å². The molecule has 2 rings (SSSR count). The summed E-state index contributed by atoms with van der Waals surface area (Å²) in [6, 6.07) is 12.4. The summed E-state index contributed by atoms with van der Waals surface area (Å²) < 4.78 is 17.3. The molecule has 0 saturated carbocycles. The van der Waals surface area contributed by atoms with E-state index in [1.54, 1.807) is 7.11 Å². The van der Waals surface area contributed by atoms with Gasteiger partial charge in [0.1, 0.15) is 25.2 Å². The molecule has 0 aliphatic heterocycles. The Bertz CT molecular complexity index is 818. The number of allylic oxidation sites excluding steroid dienone is 1. The Balaban J connectivity index is 1.78. The minimum absolute atomic E-state index is 0.203. The zero-order valence-electron chi connectivity index (χ0n) is 18.7. The van der Waals surface area contributed by atoms with Gasteiger partial charge in [0.25, 0.3) is 0 Å². The van der Waals surface area contributed by atoms with Crippen LogP contribution in [0.4, 0.5) is 0 Å². The molecule has 0 heterocycles. The van der Waals surface area contributed by atoms with Crippen molar-refractivity contribution in [2.75, 3.05) is 20.5 Å². The second kappa shape index (κ2) is 12.7. The second-order valence-electron chi connectivity index (χ2n) is 7.20. The van der Waals surface area contributed by atoms with E-state index in [2.05, 4.69) is 29.4 Å². The first-order valence-corrected chi connectivity index (χ1v) is 10.2. The minimum atomic E-state index is 0.203. The van der Waals surface area contributed by atoms with Gasteiger partial charge in [0.2, 0.25) is 0 Å². The Hall–Kier alpha value is -2.79. The number of rotatable bonds is 12. The predicted molar refractivity (Wildman–Crippen MR) is 121 cm³/mol. The van der Waals surface area contributed by atoms with Gasteiger partial charge in [0, 0.05) is 0 Å². The van der Waals surface area contributed by atoms with E-state index in [0.29, 0.717) is 13.2 Å². The van der Waals surface area contributed by atoms with Crippen molar-refractivity contribution in [3.05, 3.63) is 70.8 Å². The lowest BCUT2D eigenvalue weighted by Crippen LogP contribution is -2.06. The Kier molecular flexibility index (Phi) is 9.95. The third-order valence-corrected chi connectivity index (χ3v) is 4.62. The maximum absolute atomic E-state index is 5.86. The van der Waals surface area contributed by atoms with Gasteiger partial charge in [-0.25, -0.2) is 0 Å². The minimum Gasteiger partial charge on any atom is -0.490 e. The Morgan fingerprint density at radius 3 is 2.30 bits per heavy atom. The van der Waals surface area contributed by atoms with Crippen LogP contribution in [0.25, 0.3) is 0 Å². The fourth-order valence-corrected chi connectivity index (χ4v) is 3.05. The van der Waals surface area contributed by atoms with Gasteiger partial charge in [-0.1, -0.05) is 41.6 Å². The third-order valence-electron chi connectivity index (χ3n) is 4.62. The average molecular weight is 412 g/mol. The summed E-state index contributed by atoms with van der Waals surface area (Å²) in [5.74, 6) is 1.69. The Morgan fingerprint density at radius 1 is 1.00 bits per heavy atom. The fourth-order valence-electron chi connectivity index (χ4n) is 3.05. The van der Waals surface area contributed by atoms with E-state index in [1.165, 1.54) is 5.56 Å². The van der Waals surface area contributed by atoms with Gasteiger partial charge in [0.15, 0.2) is 6.79 Å². The number of ether oxygens (including phenoxy) is 3. The normalized spacial score (nSPS) is 11.7. The van der Waals surface area contributed by atoms with E-state index in [4.69, 9.17) is 19.0 Å². The van der Waals surface area contributed by atoms with Crippen LogP contribution in [0.2, 0.25) is 0 Å². The van der Waals surface area contributed by atoms with Crippen LogP contribution in [-0.2, 0) is 22.6 Å². The lowest BCUT2D eigenvalue weighted by Gasteiger charge is -2.14. The second-order valence-corrected chi connectivity index (χ2v) is 7.20. The van der Waals surface area contributed by atoms with E-state index in [9.17, 15) is 0 Å². The van der Waals surface area contributed by atoms with Gasteiger partial charge >= 0.3 is 0 Å². The van der Waals surface area contributed by atoms with Crippen LogP contribution in [0.1, 0.15) is 42.5 Å². The first-order valence-electron chi connectivity index (χ1n) is 10.2. The van der Waals surface area contributed by atoms with Crippen LogP contribution in [0.5, 0.6) is 11.5 Å². The molecular formula is C25H33NO4. The number of aryl methyl sites for hydroxylation is 3. The molecule has 0 saturated heterocycles. The first kappa shape index (κ1) is 23.5. The monoisotopic (exact) mass is 411 g/mol. The van der Waals surface area contributed by atoms with Gasteiger partial charge in [-0.2, -0.15) is 0 Å². The van der Waals surface area contributed by atoms with Crippen molar-refractivity contribution in [3.8, 4) is 11.5 Å². The van der Waals surface area contributed by atoms with Crippen molar-refractivity contribution in [2.24, 2.45) is 5.16 Å². The molecule has 5 heteroatoms. The summed E-state index contributed by atoms with van der Waals surface area (Å²) in [6.45, 7) is 9.26. The highest BCUT2D eigenvalue weighted by Gasteiger charge is 2.07. The number of oxime groups is 1. The van der Waals surface area contributed by atoms with Crippen LogP contribution >= 0.6 is 0 Å². The molecule has 30 heavy (non-hydrogen) atoms. The van der Waals surface area contributed by atoms with E-state index in [1.807, 2.05) is 52.0 Å². The zero-order valence-corrected chi connectivity index (χ0v) is 18.7. The lowest BCUT2D eigenvalue weighted by atomic mass is 10.1. The van der Waals surface area contributed by atoms with E-state index >= 15 is 0 Å². The summed E-state index contributed by atoms with van der Waals surface area (Å²) in [5, 5.41) is 3.94. The van der Waals surface area contributed by atoms with Gasteiger partial charge < -0.3 is 19.0 Å². The van der Waals surface area contributed by atoms with Crippen LogP contribution in [0.15, 0.2) is 53.7 Å². The fraction of sp³-hybridized carbons (Fsp3) is 0.400. The molecule has 2 aromatic rings. The van der Waals surface area contributed by atoms with Gasteiger partial charge in [-0.05, 0) is 74.9 Å². The number of benzene rings is 2. The van der Waals surface area contributed by atoms with Crippen molar-refractivity contribution in [1.82, 2.24) is 0 Å². The molecule has 0 aliphatic carbocycles. The topological polar surface area (TPSA) is 49.3 Å². The smallest absolute Gasteiger partial charge is 0.189 e. The molecule has 0 N–H and O–H groups in total. The molecular weight excluding hydrogens is 378 g/mol. The molecule has 2 aromatic carbocycles. The highest BCUT2D eigenvalue weighted by Crippen LogP contribution is 2.28. The predicted octanol–water partition coefficient (Wildman–Crippen LogP) is 5.77. The maximum Gasteiger partial charge on any atom is 0.189 e. The molecule has 5 nitrogen and oxygen atoms in total. The van der Waals surface area contributed by atoms with Crippen LogP contribution in [0, 0.1) is 13.8 Å². The number of nitrogens with zero attached hydrogens (tertiary/aromatic N) is 1. The largest absolute Gasteiger partial charge is 0.490 e. The van der Waals surface area contributed by atoms with E-state index in [0.717, 1.165) is 46.7 Å². The SMILES string of the molecule is C/C=C/COc1cc(C)c(OCOCc2ccc(CCC(C)=NOC)cc2)c(C)c1. The molecule has 0 aliphatic rings. The Labute approximate surface area is 180 Å². The molecule has 0 unspecified atom stereocenters. The standard InChI is InChI=1S/C25H33NO4/c1-6-7-14-29-24-15-19(2)25(20(3)16-24)30-18-28-17-23-12-10-22(11-13-23)9-8-21(4)26-27-5/h6-7,10-13,15-16H,8-9,14,17-18H2,1-5H3/b7-6+,26-21?. The van der Waals surface area contributed by atoms with Crippen LogP contribution in [-0.4, -0.2) is 26.2 Å². The summed E-state index contributed by atoms with van der Waals surface area (Å²) in [5.41, 5.74) is 5.44. The summed E-state index contributed by atoms with van der Waals surface area (Å²) in [4.78, 5) is 4.79. The number of hydrogen-bond donors (Lipinski definition) is 0. The molecule has 0 spiro atoms. The molecule has 0 radical (unpaired) electrons. The van der Waals surface area contributed by atoms with E-state index in [-0.39, 0.29) is 6.79 Å². The quantitative estimate of drug-likeness (QED) is 0.146. The lowest BCUT2D eigenvalue weighted by molar-refractivity contribution is 0.00427. The van der Waals surface area contributed by atoms with Crippen molar-refractivity contribution >= 4 is 5.71 Å². The van der Waals surface area contributed by atoms with Crippen LogP contribution < -0.4 is 9.47 Å². The zero-order chi connectivity index (χ0) is 21.8. The molecule has 0 amide bonds. The highest BCUT2D eigenvalue weighted by molar-refractivity contribution is 5.81. The van der Waals surface area contributed by atoms with Crippen LogP contribution in [0.3, 0.4) is 0 Å². The molecule has 0 fully saturated rings. The van der Waals surface area contributed by atoms with Crippen molar-refractivity contribution in [2.45, 2.75) is 47.1 Å².